The third-order valence-electron chi connectivity index (χ3n) is 9.33. The van der Waals surface area contributed by atoms with Crippen molar-refractivity contribution in [2.45, 2.75) is 129 Å². The van der Waals surface area contributed by atoms with E-state index in [2.05, 4.69) is 30.9 Å². The van der Waals surface area contributed by atoms with Gasteiger partial charge in [-0.2, -0.15) is 0 Å². The Hall–Kier alpha value is -4.43. The van der Waals surface area contributed by atoms with Crippen LogP contribution >= 0.6 is 0 Å². The summed E-state index contributed by atoms with van der Waals surface area (Å²) >= 11 is 0. The Kier molecular flexibility index (Phi) is 21.0. The van der Waals surface area contributed by atoms with Crippen LogP contribution in [0.15, 0.2) is 47.8 Å². The Morgan fingerprint density at radius 3 is 2.09 bits per heavy atom. The Balaban J connectivity index is 2.32. The number of hydrogen-bond acceptors (Lipinski definition) is 9. The lowest BCUT2D eigenvalue weighted by Gasteiger charge is -2.27. The number of nitrogens with one attached hydrogen (secondary N) is 4. The maximum atomic E-state index is 14.1. The van der Waals surface area contributed by atoms with Crippen molar-refractivity contribution in [2.75, 3.05) is 13.1 Å². The molecular formula is C40H65N9O5. The lowest BCUT2D eigenvalue weighted by molar-refractivity contribution is -0.135. The van der Waals surface area contributed by atoms with Gasteiger partial charge < -0.3 is 38.1 Å². The van der Waals surface area contributed by atoms with Crippen LogP contribution in [0.4, 0.5) is 0 Å². The SMILES string of the molecule is CCCC(=O)[C@H](Cc1ccccc1)NC(=O)[C@@H](CC(=O)[C@@H](NC(=O)[C@H](CCCN=C(N)N)CC(=O)[C@H](CCCCN)NC(C)C)C(C)C)Cc1cnc[nH]1. The van der Waals surface area contributed by atoms with Crippen molar-refractivity contribution in [3.8, 4) is 0 Å². The summed E-state index contributed by atoms with van der Waals surface area (Å²) in [5, 5.41) is 9.24. The van der Waals surface area contributed by atoms with E-state index in [4.69, 9.17) is 17.2 Å². The van der Waals surface area contributed by atoms with Crippen molar-refractivity contribution >= 4 is 35.1 Å². The van der Waals surface area contributed by atoms with Crippen molar-refractivity contribution in [2.24, 2.45) is 39.9 Å². The van der Waals surface area contributed by atoms with Gasteiger partial charge in [0.05, 0.1) is 30.4 Å². The Bertz CT molecular complexity index is 1460. The van der Waals surface area contributed by atoms with Gasteiger partial charge in [-0.15, -0.1) is 0 Å². The highest BCUT2D eigenvalue weighted by Crippen LogP contribution is 2.20. The summed E-state index contributed by atoms with van der Waals surface area (Å²) < 4.78 is 0. The monoisotopic (exact) mass is 752 g/mol. The minimum Gasteiger partial charge on any atom is -0.370 e. The molecule has 0 saturated carbocycles. The standard InChI is InChI=1S/C40H65N9O5/c1-6-13-34(50)33(20-28-14-8-7-9-15-28)48-39(54)30(21-31-24-44-25-46-31)23-36(52)37(26(2)3)49-38(53)29(16-12-19-45-40(42)43)22-35(51)32(47-27(4)5)17-10-11-18-41/h7-9,14-15,24-27,29-30,32-33,37,47H,6,10-13,16-23,41H2,1-5H3,(H,44,46)(H,48,54)(H,49,53)(H4,42,43,45)/t29-,30-,32+,33+,37+/m1/s1. The third kappa shape index (κ3) is 17.1. The average molecular weight is 752 g/mol. The molecule has 14 nitrogen and oxygen atoms in total. The summed E-state index contributed by atoms with van der Waals surface area (Å²) in [6.07, 6.45) is 7.24. The molecule has 0 aliphatic heterocycles. The first kappa shape index (κ1) is 45.7. The number of carbonyl (C=O) groups is 5. The molecule has 300 valence electrons. The number of aromatic nitrogens is 2. The molecule has 2 rings (SSSR count). The van der Waals surface area contributed by atoms with Crippen LogP contribution in [0.25, 0.3) is 0 Å². The molecule has 0 saturated heterocycles. The van der Waals surface area contributed by atoms with Gasteiger partial charge >= 0.3 is 0 Å². The number of nitrogens with zero attached hydrogens (tertiary/aromatic N) is 2. The number of guanidine groups is 1. The maximum Gasteiger partial charge on any atom is 0.224 e. The normalized spacial score (nSPS) is 14.1. The van der Waals surface area contributed by atoms with Gasteiger partial charge in [-0.1, -0.05) is 71.4 Å². The van der Waals surface area contributed by atoms with E-state index in [1.165, 1.54) is 6.33 Å². The number of aliphatic imine (C=N–C) groups is 1. The van der Waals surface area contributed by atoms with Gasteiger partial charge in [-0.25, -0.2) is 4.98 Å². The number of unbranched alkanes of at least 4 members (excludes halogenated alkanes) is 1. The van der Waals surface area contributed by atoms with Crippen LogP contribution in [0.3, 0.4) is 0 Å². The minimum absolute atomic E-state index is 0.0287. The summed E-state index contributed by atoms with van der Waals surface area (Å²) in [6.45, 7) is 10.3. The van der Waals surface area contributed by atoms with Crippen LogP contribution in [0, 0.1) is 17.8 Å². The van der Waals surface area contributed by atoms with Gasteiger partial charge in [0.2, 0.25) is 11.8 Å². The highest BCUT2D eigenvalue weighted by atomic mass is 16.2. The minimum atomic E-state index is -0.930. The molecule has 0 bridgehead atoms. The number of hydrogen-bond donors (Lipinski definition) is 7. The van der Waals surface area contributed by atoms with Gasteiger partial charge in [0.25, 0.3) is 0 Å². The molecule has 0 spiro atoms. The molecule has 0 aliphatic rings. The zero-order valence-corrected chi connectivity index (χ0v) is 32.9. The van der Waals surface area contributed by atoms with Crippen molar-refractivity contribution in [1.29, 1.82) is 0 Å². The predicted octanol–water partition coefficient (Wildman–Crippen LogP) is 2.89. The number of Topliss-reactive ketones (excluding diaryl/α,β-unsaturated/α-hetero) is 3. The number of nitrogens with two attached hydrogens (primary N) is 3. The van der Waals surface area contributed by atoms with Crippen LogP contribution in [0.1, 0.15) is 104 Å². The molecule has 0 radical (unpaired) electrons. The highest BCUT2D eigenvalue weighted by molar-refractivity contribution is 5.96. The Morgan fingerprint density at radius 2 is 1.50 bits per heavy atom. The van der Waals surface area contributed by atoms with E-state index in [-0.39, 0.29) is 61.1 Å². The van der Waals surface area contributed by atoms with Crippen molar-refractivity contribution in [3.05, 3.63) is 54.1 Å². The zero-order chi connectivity index (χ0) is 40.0. The van der Waals surface area contributed by atoms with Crippen LogP contribution in [0.5, 0.6) is 0 Å². The topological polar surface area (TPSA) is 241 Å². The largest absolute Gasteiger partial charge is 0.370 e. The third-order valence-corrected chi connectivity index (χ3v) is 9.33. The molecular weight excluding hydrogens is 686 g/mol. The second-order valence-corrected chi connectivity index (χ2v) is 14.8. The van der Waals surface area contributed by atoms with Gasteiger partial charge in [0, 0.05) is 56.1 Å². The molecule has 14 heteroatoms. The number of carbonyl (C=O) groups excluding carboxylic acids is 5. The van der Waals surface area contributed by atoms with Crippen LogP contribution in [0.2, 0.25) is 0 Å². The molecule has 0 fully saturated rings. The summed E-state index contributed by atoms with van der Waals surface area (Å²) in [4.78, 5) is 80.1. The van der Waals surface area contributed by atoms with Crippen molar-refractivity contribution in [1.82, 2.24) is 25.9 Å². The first-order chi connectivity index (χ1) is 25.7. The molecule has 1 aromatic carbocycles. The van der Waals surface area contributed by atoms with E-state index >= 15 is 0 Å². The number of amides is 2. The number of H-pyrrole nitrogens is 1. The van der Waals surface area contributed by atoms with Gasteiger partial charge in [0.1, 0.15) is 0 Å². The van der Waals surface area contributed by atoms with E-state index in [9.17, 15) is 24.0 Å². The fourth-order valence-corrected chi connectivity index (χ4v) is 6.47. The highest BCUT2D eigenvalue weighted by Gasteiger charge is 2.34. The number of rotatable bonds is 28. The fraction of sp³-hybridized carbons (Fsp3) is 0.625. The second-order valence-electron chi connectivity index (χ2n) is 14.8. The van der Waals surface area contributed by atoms with Crippen LogP contribution in [-0.2, 0) is 36.8 Å². The van der Waals surface area contributed by atoms with E-state index in [0.717, 1.165) is 18.4 Å². The molecule has 54 heavy (non-hydrogen) atoms. The molecule has 0 unspecified atom stereocenters. The average Bonchev–Trinajstić information content (AvgIpc) is 3.64. The summed E-state index contributed by atoms with van der Waals surface area (Å²) in [5.74, 6) is -3.33. The Morgan fingerprint density at radius 1 is 0.815 bits per heavy atom. The van der Waals surface area contributed by atoms with E-state index in [1.54, 1.807) is 6.20 Å². The lowest BCUT2D eigenvalue weighted by atomic mass is 9.87. The second kappa shape index (κ2) is 24.8. The van der Waals surface area contributed by atoms with E-state index in [1.807, 2.05) is 65.0 Å². The van der Waals surface area contributed by atoms with Gasteiger partial charge in [-0.05, 0) is 56.6 Å². The number of ketones is 3. The first-order valence-corrected chi connectivity index (χ1v) is 19.5. The Labute approximate surface area is 321 Å². The molecule has 1 aromatic heterocycles. The lowest BCUT2D eigenvalue weighted by Crippen LogP contribution is -2.50. The fourth-order valence-electron chi connectivity index (χ4n) is 6.47. The number of aromatic amines is 1. The molecule has 1 heterocycles. The van der Waals surface area contributed by atoms with Gasteiger partial charge in [-0.3, -0.25) is 29.0 Å². The van der Waals surface area contributed by atoms with E-state index in [0.29, 0.717) is 50.8 Å². The summed E-state index contributed by atoms with van der Waals surface area (Å²) in [6, 6.07) is 7.39. The van der Waals surface area contributed by atoms with Gasteiger partial charge in [0.15, 0.2) is 23.3 Å². The van der Waals surface area contributed by atoms with Crippen molar-refractivity contribution in [3.63, 3.8) is 0 Å². The number of benzene rings is 1. The quantitative estimate of drug-likeness (QED) is 0.0381. The first-order valence-electron chi connectivity index (χ1n) is 19.5. The van der Waals surface area contributed by atoms with Crippen LogP contribution in [-0.4, -0.2) is 82.3 Å². The van der Waals surface area contributed by atoms with Crippen LogP contribution < -0.4 is 33.2 Å². The summed E-state index contributed by atoms with van der Waals surface area (Å²) in [5.41, 5.74) is 18.3. The maximum absolute atomic E-state index is 14.1. The molecule has 2 aromatic rings. The predicted molar refractivity (Wildman–Crippen MR) is 212 cm³/mol. The molecule has 5 atom stereocenters. The number of imidazole rings is 1. The summed E-state index contributed by atoms with van der Waals surface area (Å²) in [7, 11) is 0. The molecule has 10 N–H and O–H groups in total. The smallest absolute Gasteiger partial charge is 0.224 e. The zero-order valence-electron chi connectivity index (χ0n) is 32.9. The molecule has 2 amide bonds. The van der Waals surface area contributed by atoms with Crippen molar-refractivity contribution < 1.29 is 24.0 Å². The molecule has 0 aliphatic carbocycles. The van der Waals surface area contributed by atoms with E-state index < -0.39 is 41.8 Å².